The third kappa shape index (κ3) is 10.6. The Kier molecular flexibility index (Phi) is 15.2. The molecule has 0 unspecified atom stereocenters. The van der Waals surface area contributed by atoms with Crippen LogP contribution in [0.4, 0.5) is 0 Å². The highest BCUT2D eigenvalue weighted by Crippen LogP contribution is 2.60. The van der Waals surface area contributed by atoms with Gasteiger partial charge in [0.2, 0.25) is 0 Å². The van der Waals surface area contributed by atoms with E-state index in [2.05, 4.69) is 142 Å². The lowest BCUT2D eigenvalue weighted by Gasteiger charge is -2.46. The fraction of sp³-hybridized carbons (Fsp3) is 0.870. The molecule has 0 aromatic rings. The van der Waals surface area contributed by atoms with Gasteiger partial charge in [0, 0.05) is 0 Å². The van der Waals surface area contributed by atoms with Crippen LogP contribution in [0.5, 0.6) is 0 Å². The predicted molar refractivity (Wildman–Crippen MR) is 237 cm³/mol. The second-order valence-corrected chi connectivity index (χ2v) is 36.1. The minimum atomic E-state index is -1.99. The van der Waals surface area contributed by atoms with Gasteiger partial charge >= 0.3 is 0 Å². The first-order chi connectivity index (χ1) is 23.7. The smallest absolute Gasteiger partial charge is 0.192 e. The van der Waals surface area contributed by atoms with E-state index in [-0.39, 0.29) is 27.9 Å². The van der Waals surface area contributed by atoms with Gasteiger partial charge < -0.3 is 13.3 Å². The van der Waals surface area contributed by atoms with Crippen LogP contribution in [-0.4, -0.2) is 42.8 Å². The summed E-state index contributed by atoms with van der Waals surface area (Å²) < 4.78 is 21.3. The zero-order valence-electron chi connectivity index (χ0n) is 38.0. The van der Waals surface area contributed by atoms with Crippen molar-refractivity contribution in [3.05, 3.63) is 35.5 Å². The molecule has 7 atom stereocenters. The van der Waals surface area contributed by atoms with Crippen molar-refractivity contribution < 1.29 is 13.3 Å². The maximum atomic E-state index is 7.14. The molecule has 0 bridgehead atoms. The number of hydrogen-bond donors (Lipinski definition) is 0. The SMILES string of the molecule is C=C1[C@H](O[Si](C)(C)C(C)(C)C)CC(=C/C=C2\CCC[C@]3(C)[C@@H]([C@@H](C)[C@@H](C)CCC(C)(C)O[Si](CC)(CC)CC)CC[C@@H]23)C[C@H]1O[Si](C)(C)C(C)(C)C. The minimum absolute atomic E-state index is 0.0203. The van der Waals surface area contributed by atoms with Crippen molar-refractivity contribution in [2.75, 3.05) is 0 Å². The average molecular weight is 773 g/mol. The van der Waals surface area contributed by atoms with E-state index in [1.54, 1.807) is 5.57 Å². The van der Waals surface area contributed by atoms with Crippen molar-refractivity contribution in [2.24, 2.45) is 29.1 Å². The maximum absolute atomic E-state index is 7.14. The topological polar surface area (TPSA) is 27.7 Å². The lowest BCUT2D eigenvalue weighted by molar-refractivity contribution is 0.0524. The van der Waals surface area contributed by atoms with Crippen LogP contribution < -0.4 is 0 Å². The fourth-order valence-corrected chi connectivity index (χ4v) is 15.5. The molecule has 3 aliphatic rings. The average Bonchev–Trinajstić information content (AvgIpc) is 3.39. The summed E-state index contributed by atoms with van der Waals surface area (Å²) in [4.78, 5) is 0. The minimum Gasteiger partial charge on any atom is -0.412 e. The third-order valence-corrected chi connectivity index (χ3v) is 29.8. The molecule has 0 aromatic heterocycles. The molecule has 3 saturated carbocycles. The predicted octanol–water partition coefficient (Wildman–Crippen LogP) is 15.0. The lowest BCUT2D eigenvalue weighted by atomic mass is 9.59. The fourth-order valence-electron chi connectivity index (χ4n) is 9.67. The van der Waals surface area contributed by atoms with Gasteiger partial charge in [0.25, 0.3) is 0 Å². The summed E-state index contributed by atoms with van der Waals surface area (Å²) in [7, 11) is -5.59. The van der Waals surface area contributed by atoms with E-state index >= 15 is 0 Å². The highest BCUT2D eigenvalue weighted by molar-refractivity contribution is 6.74. The molecule has 3 aliphatic carbocycles. The standard InChI is InChI=1S/C46H88O3Si3/c1-20-52(21-2,22-3)49-45(13,14)31-29-34(4)35(5)39-27-28-40-38(24-23-30-46(39,40)15)26-25-37-32-41(47-50(16,17)43(7,8)9)36(6)42(33-37)48-51(18,19)44(10,11)12/h25-26,34-35,39-42H,6,20-24,27-33H2,1-5,7-19H3/b38-26+/t34-,35-,39+,40-,41+,42+,46+/m0/s1. The maximum Gasteiger partial charge on any atom is 0.192 e. The van der Waals surface area contributed by atoms with E-state index < -0.39 is 25.0 Å². The van der Waals surface area contributed by atoms with E-state index in [0.717, 1.165) is 24.7 Å². The molecule has 6 heteroatoms. The van der Waals surface area contributed by atoms with E-state index in [1.807, 2.05) is 0 Å². The van der Waals surface area contributed by atoms with Gasteiger partial charge in [-0.3, -0.25) is 0 Å². The van der Waals surface area contributed by atoms with Crippen molar-refractivity contribution in [1.29, 1.82) is 0 Å². The highest BCUT2D eigenvalue weighted by atomic mass is 28.4. The molecule has 52 heavy (non-hydrogen) atoms. The molecule has 0 heterocycles. The molecule has 3 rings (SSSR count). The first-order valence-corrected chi connectivity index (χ1v) is 30.2. The summed E-state index contributed by atoms with van der Waals surface area (Å²) in [5.74, 6) is 2.96. The molecule has 3 fully saturated rings. The van der Waals surface area contributed by atoms with Crippen LogP contribution in [0.25, 0.3) is 0 Å². The van der Waals surface area contributed by atoms with Crippen LogP contribution in [-0.2, 0) is 13.3 Å². The normalized spacial score (nSPS) is 29.0. The monoisotopic (exact) mass is 773 g/mol. The van der Waals surface area contributed by atoms with Crippen molar-refractivity contribution in [3.63, 3.8) is 0 Å². The Morgan fingerprint density at radius 3 is 1.77 bits per heavy atom. The second-order valence-electron chi connectivity index (χ2n) is 21.9. The Labute approximate surface area is 328 Å². The van der Waals surface area contributed by atoms with Crippen LogP contribution in [0, 0.1) is 29.1 Å². The van der Waals surface area contributed by atoms with Crippen LogP contribution in [0.15, 0.2) is 35.5 Å². The molecular formula is C46H88O3Si3. The Morgan fingerprint density at radius 2 is 1.31 bits per heavy atom. The molecule has 3 nitrogen and oxygen atoms in total. The first-order valence-electron chi connectivity index (χ1n) is 21.8. The first kappa shape index (κ1) is 46.1. The van der Waals surface area contributed by atoms with Crippen molar-refractivity contribution in [3.8, 4) is 0 Å². The molecule has 0 saturated heterocycles. The van der Waals surface area contributed by atoms with Gasteiger partial charge in [-0.25, -0.2) is 0 Å². The van der Waals surface area contributed by atoms with Gasteiger partial charge in [0.15, 0.2) is 25.0 Å². The van der Waals surface area contributed by atoms with Crippen molar-refractivity contribution >= 4 is 25.0 Å². The summed E-state index contributed by atoms with van der Waals surface area (Å²) in [6.45, 7) is 47.9. The highest BCUT2D eigenvalue weighted by Gasteiger charge is 2.52. The number of rotatable bonds is 15. The van der Waals surface area contributed by atoms with Gasteiger partial charge in [-0.2, -0.15) is 0 Å². The van der Waals surface area contributed by atoms with E-state index in [1.165, 1.54) is 74.2 Å². The lowest BCUT2D eigenvalue weighted by Crippen LogP contribution is -2.49. The van der Waals surface area contributed by atoms with Gasteiger partial charge in [-0.05, 0) is 161 Å². The Morgan fingerprint density at radius 1 is 0.808 bits per heavy atom. The molecular weight excluding hydrogens is 685 g/mol. The molecule has 0 radical (unpaired) electrons. The van der Waals surface area contributed by atoms with Gasteiger partial charge in [-0.15, -0.1) is 0 Å². The zero-order chi connectivity index (χ0) is 39.7. The Bertz CT molecular complexity index is 1210. The van der Waals surface area contributed by atoms with Crippen molar-refractivity contribution in [2.45, 2.75) is 227 Å². The van der Waals surface area contributed by atoms with Crippen LogP contribution in [0.3, 0.4) is 0 Å². The summed E-state index contributed by atoms with van der Waals surface area (Å²) >= 11 is 0. The van der Waals surface area contributed by atoms with Gasteiger partial charge in [0.05, 0.1) is 17.8 Å². The molecule has 0 aliphatic heterocycles. The van der Waals surface area contributed by atoms with Gasteiger partial charge in [-0.1, -0.05) is 113 Å². The largest absolute Gasteiger partial charge is 0.412 e. The number of hydrogen-bond acceptors (Lipinski definition) is 3. The van der Waals surface area contributed by atoms with Crippen LogP contribution in [0.2, 0.25) is 54.4 Å². The van der Waals surface area contributed by atoms with Crippen LogP contribution >= 0.6 is 0 Å². The Balaban J connectivity index is 1.82. The molecule has 0 amide bonds. The number of fused-ring (bicyclic) bond motifs is 1. The molecule has 0 spiro atoms. The van der Waals surface area contributed by atoms with E-state index in [0.29, 0.717) is 17.3 Å². The third-order valence-electron chi connectivity index (χ3n) is 15.9. The molecule has 0 aromatic carbocycles. The van der Waals surface area contributed by atoms with Crippen molar-refractivity contribution in [1.82, 2.24) is 0 Å². The van der Waals surface area contributed by atoms with Crippen LogP contribution in [0.1, 0.15) is 155 Å². The van der Waals surface area contributed by atoms with E-state index in [9.17, 15) is 0 Å². The van der Waals surface area contributed by atoms with Gasteiger partial charge in [0.1, 0.15) is 0 Å². The summed E-state index contributed by atoms with van der Waals surface area (Å²) in [6.07, 6.45) is 16.2. The summed E-state index contributed by atoms with van der Waals surface area (Å²) in [6, 6.07) is 3.70. The Hall–Kier alpha value is -0.249. The quantitative estimate of drug-likeness (QED) is 0.123. The second kappa shape index (κ2) is 17.1. The summed E-state index contributed by atoms with van der Waals surface area (Å²) in [5, 5.41) is 0.312. The molecule has 0 N–H and O–H groups in total. The summed E-state index contributed by atoms with van der Waals surface area (Å²) in [5.41, 5.74) is 4.75. The number of allylic oxidation sites excluding steroid dienone is 3. The molecule has 302 valence electrons. The zero-order valence-corrected chi connectivity index (χ0v) is 41.0. The van der Waals surface area contributed by atoms with E-state index in [4.69, 9.17) is 13.3 Å².